The summed E-state index contributed by atoms with van der Waals surface area (Å²) in [6.45, 7) is -0.272. The zero-order valence-corrected chi connectivity index (χ0v) is 23.7. The van der Waals surface area contributed by atoms with Gasteiger partial charge in [-0.25, -0.2) is 4.98 Å². The van der Waals surface area contributed by atoms with Gasteiger partial charge in [0.05, 0.1) is 15.8 Å². The number of hydrogen-bond acceptors (Lipinski definition) is 4. The van der Waals surface area contributed by atoms with Gasteiger partial charge in [-0.05, 0) is 65.5 Å². The summed E-state index contributed by atoms with van der Waals surface area (Å²) in [4.78, 5) is 7.33. The first-order valence-corrected chi connectivity index (χ1v) is 14.8. The summed E-state index contributed by atoms with van der Waals surface area (Å²) in [6.07, 6.45) is 0. The summed E-state index contributed by atoms with van der Waals surface area (Å²) in [5, 5.41) is 0.925. The minimum atomic E-state index is -0.272. The fourth-order valence-electron chi connectivity index (χ4n) is 5.23. The number of rotatable bonds is 8. The van der Waals surface area contributed by atoms with Crippen molar-refractivity contribution >= 4 is 56.5 Å². The molecule has 0 unspecified atom stereocenters. The lowest BCUT2D eigenvalue weighted by Crippen LogP contribution is -2.47. The third kappa shape index (κ3) is 5.30. The Labute approximate surface area is 250 Å². The number of thiazole rings is 1. The molecule has 0 aliphatic rings. The Hall–Kier alpha value is -5.13. The van der Waals surface area contributed by atoms with Gasteiger partial charge in [-0.3, -0.25) is 0 Å². The summed E-state index contributed by atoms with van der Waals surface area (Å²) in [6, 6.07) is 56.4. The molecule has 3 nitrogen and oxygen atoms in total. The molecule has 1 heterocycles. The van der Waals surface area contributed by atoms with E-state index in [1.54, 1.807) is 11.3 Å². The molecule has 0 aliphatic carbocycles. The first kappa shape index (κ1) is 25.8. The van der Waals surface area contributed by atoms with Crippen LogP contribution >= 0.6 is 11.3 Å². The standard InChI is InChI=1S/C37H27BN2OS/c1-5-15-28(16-6-1)38(29-17-7-2-8-18-29)41-35-26-25-32(27-33(35)37-39-34-23-13-14-24-36(34)42-37)40(30-19-9-3-10-20-30)31-21-11-4-12-22-31/h1-27H. The topological polar surface area (TPSA) is 25.4 Å². The lowest BCUT2D eigenvalue weighted by atomic mass is 9.55. The maximum Gasteiger partial charge on any atom is 0.426 e. The van der Waals surface area contributed by atoms with Gasteiger partial charge in [0.1, 0.15) is 10.8 Å². The van der Waals surface area contributed by atoms with E-state index >= 15 is 0 Å². The molecule has 0 fully saturated rings. The zero-order chi connectivity index (χ0) is 28.1. The predicted octanol–water partition coefficient (Wildman–Crippen LogP) is 8.62. The molecule has 42 heavy (non-hydrogen) atoms. The molecule has 0 radical (unpaired) electrons. The summed E-state index contributed by atoms with van der Waals surface area (Å²) in [7, 11) is 0. The average Bonchev–Trinajstić information content (AvgIpc) is 3.50. The molecule has 0 bridgehead atoms. The number of hydrogen-bond donors (Lipinski definition) is 0. The molecule has 0 saturated carbocycles. The van der Waals surface area contributed by atoms with Crippen LogP contribution in [0.3, 0.4) is 0 Å². The molecule has 6 aromatic carbocycles. The Morgan fingerprint density at radius 1 is 0.524 bits per heavy atom. The van der Waals surface area contributed by atoms with Crippen LogP contribution in [0.25, 0.3) is 20.8 Å². The highest BCUT2D eigenvalue weighted by molar-refractivity contribution is 7.21. The van der Waals surface area contributed by atoms with E-state index in [2.05, 4.69) is 138 Å². The fourth-order valence-corrected chi connectivity index (χ4v) is 6.21. The van der Waals surface area contributed by atoms with Crippen LogP contribution in [0.2, 0.25) is 0 Å². The number of anilines is 3. The number of benzene rings is 6. The molecule has 5 heteroatoms. The third-order valence-corrected chi connectivity index (χ3v) is 8.29. The zero-order valence-electron chi connectivity index (χ0n) is 22.9. The highest BCUT2D eigenvalue weighted by Gasteiger charge is 2.26. The van der Waals surface area contributed by atoms with Crippen molar-refractivity contribution in [2.75, 3.05) is 4.90 Å². The van der Waals surface area contributed by atoms with Gasteiger partial charge in [0, 0.05) is 17.1 Å². The summed E-state index contributed by atoms with van der Waals surface area (Å²) < 4.78 is 8.11. The summed E-state index contributed by atoms with van der Waals surface area (Å²) in [5.74, 6) is 0.789. The van der Waals surface area contributed by atoms with Crippen molar-refractivity contribution in [2.24, 2.45) is 0 Å². The van der Waals surface area contributed by atoms with Crippen LogP contribution in [0.4, 0.5) is 17.1 Å². The smallest absolute Gasteiger partial charge is 0.426 e. The molecule has 0 aliphatic heterocycles. The van der Waals surface area contributed by atoms with Gasteiger partial charge in [-0.2, -0.15) is 0 Å². The molecule has 0 amide bonds. The summed E-state index contributed by atoms with van der Waals surface area (Å²) >= 11 is 1.69. The molecule has 0 N–H and O–H groups in total. The largest absolute Gasteiger partial charge is 0.551 e. The Morgan fingerprint density at radius 3 is 1.62 bits per heavy atom. The maximum atomic E-state index is 6.96. The number of nitrogens with zero attached hydrogens (tertiary/aromatic N) is 2. The first-order valence-electron chi connectivity index (χ1n) is 14.0. The second kappa shape index (κ2) is 11.8. The van der Waals surface area contributed by atoms with Crippen molar-refractivity contribution in [1.29, 1.82) is 0 Å². The number of aromatic nitrogens is 1. The van der Waals surface area contributed by atoms with E-state index in [4.69, 9.17) is 9.64 Å². The van der Waals surface area contributed by atoms with Gasteiger partial charge >= 0.3 is 6.92 Å². The Balaban J connectivity index is 1.40. The van der Waals surface area contributed by atoms with Crippen molar-refractivity contribution < 1.29 is 4.65 Å². The van der Waals surface area contributed by atoms with Crippen LogP contribution in [0, 0.1) is 0 Å². The van der Waals surface area contributed by atoms with E-state index in [-0.39, 0.29) is 6.92 Å². The minimum Gasteiger partial charge on any atom is -0.551 e. The van der Waals surface area contributed by atoms with Crippen molar-refractivity contribution in [2.45, 2.75) is 0 Å². The van der Waals surface area contributed by atoms with Gasteiger partial charge in [-0.1, -0.05) is 109 Å². The Bertz CT molecular complexity index is 1800. The normalized spacial score (nSPS) is 10.9. The van der Waals surface area contributed by atoms with Gasteiger partial charge < -0.3 is 9.55 Å². The van der Waals surface area contributed by atoms with Crippen LogP contribution in [0.15, 0.2) is 164 Å². The molecule has 1 aromatic heterocycles. The van der Waals surface area contributed by atoms with E-state index in [0.717, 1.165) is 54.5 Å². The van der Waals surface area contributed by atoms with Gasteiger partial charge in [-0.15, -0.1) is 11.3 Å². The molecular formula is C37H27BN2OS. The second-order valence-corrected chi connectivity index (χ2v) is 11.0. The lowest BCUT2D eigenvalue weighted by molar-refractivity contribution is 0.594. The van der Waals surface area contributed by atoms with Gasteiger partial charge in [0.25, 0.3) is 0 Å². The SMILES string of the molecule is c1ccc(B(Oc2ccc(N(c3ccccc3)c3ccccc3)cc2-c2nc3ccccc3s2)c2ccccc2)cc1. The maximum absolute atomic E-state index is 6.96. The molecule has 200 valence electrons. The van der Waals surface area contributed by atoms with E-state index in [0.29, 0.717) is 0 Å². The second-order valence-electron chi connectivity index (χ2n) is 9.99. The number of fused-ring (bicyclic) bond motifs is 1. The highest BCUT2D eigenvalue weighted by Crippen LogP contribution is 2.42. The number of para-hydroxylation sites is 3. The van der Waals surface area contributed by atoms with E-state index in [1.807, 2.05) is 30.3 Å². The molecule has 0 spiro atoms. The molecule has 0 saturated heterocycles. The van der Waals surface area contributed by atoms with Crippen LogP contribution < -0.4 is 20.5 Å². The lowest BCUT2D eigenvalue weighted by Gasteiger charge is -2.27. The average molecular weight is 559 g/mol. The van der Waals surface area contributed by atoms with Crippen molar-refractivity contribution in [1.82, 2.24) is 4.98 Å². The molecule has 7 aromatic rings. The van der Waals surface area contributed by atoms with E-state index < -0.39 is 0 Å². The quantitative estimate of drug-likeness (QED) is 0.175. The molecule has 0 atom stereocenters. The Morgan fingerprint density at radius 2 is 1.05 bits per heavy atom. The Kier molecular flexibility index (Phi) is 7.24. The van der Waals surface area contributed by atoms with E-state index in [9.17, 15) is 0 Å². The minimum absolute atomic E-state index is 0.272. The van der Waals surface area contributed by atoms with E-state index in [1.165, 1.54) is 0 Å². The van der Waals surface area contributed by atoms with Crippen molar-refractivity contribution in [3.63, 3.8) is 0 Å². The molecule has 7 rings (SSSR count). The van der Waals surface area contributed by atoms with Crippen molar-refractivity contribution in [3.8, 4) is 16.3 Å². The van der Waals surface area contributed by atoms with Crippen LogP contribution in [-0.4, -0.2) is 11.9 Å². The monoisotopic (exact) mass is 558 g/mol. The first-order chi connectivity index (χ1) is 20.8. The van der Waals surface area contributed by atoms with Crippen LogP contribution in [0.5, 0.6) is 5.75 Å². The molecular weight excluding hydrogens is 531 g/mol. The summed E-state index contributed by atoms with van der Waals surface area (Å²) in [5.41, 5.74) is 7.33. The fraction of sp³-hybridized carbons (Fsp3) is 0. The van der Waals surface area contributed by atoms with Crippen LogP contribution in [-0.2, 0) is 0 Å². The predicted molar refractivity (Wildman–Crippen MR) is 178 cm³/mol. The third-order valence-electron chi connectivity index (χ3n) is 7.22. The van der Waals surface area contributed by atoms with Crippen molar-refractivity contribution in [3.05, 3.63) is 164 Å². The highest BCUT2D eigenvalue weighted by atomic mass is 32.1. The van der Waals surface area contributed by atoms with Crippen LogP contribution in [0.1, 0.15) is 0 Å². The van der Waals surface area contributed by atoms with Gasteiger partial charge in [0.2, 0.25) is 0 Å². The van der Waals surface area contributed by atoms with Gasteiger partial charge in [0.15, 0.2) is 0 Å².